The maximum Gasteiger partial charge on any atom is 0.252 e. The molecule has 0 aliphatic carbocycles. The fraction of sp³-hybridized carbons (Fsp3) is 0.333. The molecule has 7 nitrogen and oxygen atoms in total. The third kappa shape index (κ3) is 3.70. The van der Waals surface area contributed by atoms with Gasteiger partial charge in [-0.2, -0.15) is 10.5 Å². The molecule has 1 aliphatic heterocycles. The second-order valence-electron chi connectivity index (χ2n) is 8.26. The van der Waals surface area contributed by atoms with Crippen LogP contribution in [-0.2, 0) is 13.6 Å². The van der Waals surface area contributed by atoms with E-state index in [1.165, 1.54) is 10.6 Å². The van der Waals surface area contributed by atoms with E-state index in [9.17, 15) is 19.7 Å². The average molecular weight is 430 g/mol. The van der Waals surface area contributed by atoms with Crippen molar-refractivity contribution in [2.75, 3.05) is 18.0 Å². The number of rotatable bonds is 3. The highest BCUT2D eigenvalue weighted by Gasteiger charge is 2.31. The molecular formula is C24H23FN6O. The zero-order valence-corrected chi connectivity index (χ0v) is 18.2. The SMILES string of the molecule is C[C@H]1CN(c2cc(=O)n(C)c3ccc(C#N)nc23)[C@@H](C)CN1Cc1c(F)cccc1C#N. The molecule has 1 fully saturated rings. The Morgan fingerprint density at radius 1 is 1.12 bits per heavy atom. The standard InChI is InChI=1S/C24H23FN6O/c1-15-13-31(16(2)12-30(15)14-19-17(10-26)5-4-6-20(19)25)22-9-23(32)29(3)21-8-7-18(11-27)28-24(21)22/h4-9,15-16H,12-14H2,1-3H3/t15-,16-/m0/s1. The van der Waals surface area contributed by atoms with Crippen molar-refractivity contribution in [1.82, 2.24) is 14.5 Å². The Labute approximate surface area is 185 Å². The van der Waals surface area contributed by atoms with E-state index in [1.54, 1.807) is 37.4 Å². The van der Waals surface area contributed by atoms with Gasteiger partial charge in [-0.1, -0.05) is 6.07 Å². The summed E-state index contributed by atoms with van der Waals surface area (Å²) >= 11 is 0. The number of aryl methyl sites for hydroxylation is 1. The smallest absolute Gasteiger partial charge is 0.252 e. The average Bonchev–Trinajstić information content (AvgIpc) is 2.79. The van der Waals surface area contributed by atoms with E-state index in [1.807, 2.05) is 13.8 Å². The number of halogens is 1. The molecule has 0 N–H and O–H groups in total. The Hall–Kier alpha value is -3.75. The summed E-state index contributed by atoms with van der Waals surface area (Å²) in [7, 11) is 1.69. The number of hydrogen-bond donors (Lipinski definition) is 0. The highest BCUT2D eigenvalue weighted by atomic mass is 19.1. The van der Waals surface area contributed by atoms with Gasteiger partial charge in [0.2, 0.25) is 0 Å². The number of benzene rings is 1. The molecule has 0 bridgehead atoms. The minimum atomic E-state index is -0.378. The van der Waals surface area contributed by atoms with Gasteiger partial charge < -0.3 is 9.47 Å². The van der Waals surface area contributed by atoms with Crippen molar-refractivity contribution in [1.29, 1.82) is 10.5 Å². The van der Waals surface area contributed by atoms with Crippen LogP contribution < -0.4 is 10.5 Å². The van der Waals surface area contributed by atoms with Crippen LogP contribution in [0.15, 0.2) is 41.2 Å². The summed E-state index contributed by atoms with van der Waals surface area (Å²) in [6.45, 7) is 5.64. The van der Waals surface area contributed by atoms with Gasteiger partial charge >= 0.3 is 0 Å². The lowest BCUT2D eigenvalue weighted by molar-refractivity contribution is 0.156. The first-order chi connectivity index (χ1) is 15.3. The van der Waals surface area contributed by atoms with Gasteiger partial charge in [0.25, 0.3) is 5.56 Å². The van der Waals surface area contributed by atoms with Crippen molar-refractivity contribution < 1.29 is 4.39 Å². The van der Waals surface area contributed by atoms with Crippen molar-refractivity contribution in [2.45, 2.75) is 32.5 Å². The number of hydrogen-bond acceptors (Lipinski definition) is 6. The summed E-state index contributed by atoms with van der Waals surface area (Å²) in [5.74, 6) is -0.378. The maximum atomic E-state index is 14.4. The molecule has 4 rings (SSSR count). The van der Waals surface area contributed by atoms with Crippen LogP contribution >= 0.6 is 0 Å². The van der Waals surface area contributed by atoms with E-state index in [0.29, 0.717) is 53.2 Å². The van der Waals surface area contributed by atoms with Gasteiger partial charge in [-0.25, -0.2) is 9.37 Å². The molecule has 32 heavy (non-hydrogen) atoms. The van der Waals surface area contributed by atoms with E-state index in [-0.39, 0.29) is 23.5 Å². The first-order valence-electron chi connectivity index (χ1n) is 10.4. The number of aromatic nitrogens is 2. The predicted octanol–water partition coefficient (Wildman–Crippen LogP) is 2.92. The lowest BCUT2D eigenvalue weighted by atomic mass is 10.0. The zero-order chi connectivity index (χ0) is 23.0. The minimum absolute atomic E-state index is 0.00589. The molecular weight excluding hydrogens is 407 g/mol. The molecule has 2 atom stereocenters. The van der Waals surface area contributed by atoms with Crippen LogP contribution in [0.5, 0.6) is 0 Å². The summed E-state index contributed by atoms with van der Waals surface area (Å²) in [5.41, 5.74) is 2.87. The second-order valence-corrected chi connectivity index (χ2v) is 8.26. The van der Waals surface area contributed by atoms with Crippen LogP contribution in [0.3, 0.4) is 0 Å². The molecule has 2 aromatic heterocycles. The molecule has 162 valence electrons. The van der Waals surface area contributed by atoms with Crippen molar-refractivity contribution in [3.8, 4) is 12.1 Å². The van der Waals surface area contributed by atoms with Gasteiger partial charge in [-0.3, -0.25) is 9.69 Å². The molecule has 0 radical (unpaired) electrons. The van der Waals surface area contributed by atoms with Crippen molar-refractivity contribution in [2.24, 2.45) is 7.05 Å². The van der Waals surface area contributed by atoms with Gasteiger partial charge in [0, 0.05) is 50.4 Å². The van der Waals surface area contributed by atoms with E-state index < -0.39 is 0 Å². The zero-order valence-electron chi connectivity index (χ0n) is 18.2. The van der Waals surface area contributed by atoms with Gasteiger partial charge in [-0.05, 0) is 38.1 Å². The minimum Gasteiger partial charge on any atom is -0.364 e. The molecule has 0 amide bonds. The molecule has 3 aromatic rings. The van der Waals surface area contributed by atoms with Crippen molar-refractivity contribution in [3.05, 3.63) is 69.4 Å². The summed E-state index contributed by atoms with van der Waals surface area (Å²) < 4.78 is 16.0. The molecule has 8 heteroatoms. The number of nitrogens with zero attached hydrogens (tertiary/aromatic N) is 6. The lowest BCUT2D eigenvalue weighted by Gasteiger charge is -2.45. The first-order valence-corrected chi connectivity index (χ1v) is 10.4. The highest BCUT2D eigenvalue weighted by molar-refractivity contribution is 5.89. The molecule has 1 aliphatic rings. The van der Waals surface area contributed by atoms with E-state index in [2.05, 4.69) is 26.9 Å². The first kappa shape index (κ1) is 21.5. The number of nitriles is 2. The Bertz CT molecular complexity index is 1340. The summed E-state index contributed by atoms with van der Waals surface area (Å²) in [4.78, 5) is 21.4. The topological polar surface area (TPSA) is 88.9 Å². The van der Waals surface area contributed by atoms with Crippen molar-refractivity contribution >= 4 is 16.7 Å². The van der Waals surface area contributed by atoms with E-state index in [0.717, 1.165) is 0 Å². The Kier molecular flexibility index (Phi) is 5.65. The number of anilines is 1. The second kappa shape index (κ2) is 8.41. The highest BCUT2D eigenvalue weighted by Crippen LogP contribution is 2.29. The largest absolute Gasteiger partial charge is 0.364 e. The van der Waals surface area contributed by atoms with Crippen LogP contribution in [-0.4, -0.2) is 39.6 Å². The summed E-state index contributed by atoms with van der Waals surface area (Å²) in [6, 6.07) is 13.7. The third-order valence-electron chi connectivity index (χ3n) is 6.21. The maximum absolute atomic E-state index is 14.4. The van der Waals surface area contributed by atoms with Gasteiger partial charge in [0.05, 0.1) is 22.8 Å². The number of fused-ring (bicyclic) bond motifs is 1. The monoisotopic (exact) mass is 430 g/mol. The Morgan fingerprint density at radius 2 is 1.91 bits per heavy atom. The normalized spacial score (nSPS) is 19.0. The van der Waals surface area contributed by atoms with Crippen LogP contribution in [0.2, 0.25) is 0 Å². The van der Waals surface area contributed by atoms with E-state index >= 15 is 0 Å². The quantitative estimate of drug-likeness (QED) is 0.635. The molecule has 1 saturated heterocycles. The summed E-state index contributed by atoms with van der Waals surface area (Å²) in [6.07, 6.45) is 0. The Morgan fingerprint density at radius 3 is 2.62 bits per heavy atom. The molecule has 0 unspecified atom stereocenters. The van der Waals surface area contributed by atoms with Crippen molar-refractivity contribution in [3.63, 3.8) is 0 Å². The lowest BCUT2D eigenvalue weighted by Crippen LogP contribution is -2.56. The fourth-order valence-electron chi connectivity index (χ4n) is 4.37. The van der Waals surface area contributed by atoms with Crippen LogP contribution in [0.25, 0.3) is 11.0 Å². The van der Waals surface area contributed by atoms with Crippen LogP contribution in [0, 0.1) is 28.5 Å². The number of piperazine rings is 1. The van der Waals surface area contributed by atoms with Crippen LogP contribution in [0.4, 0.5) is 10.1 Å². The van der Waals surface area contributed by atoms with Crippen LogP contribution in [0.1, 0.15) is 30.7 Å². The molecule has 0 spiro atoms. The molecule has 0 saturated carbocycles. The molecule has 3 heterocycles. The fourth-order valence-corrected chi connectivity index (χ4v) is 4.37. The van der Waals surface area contributed by atoms with Gasteiger partial charge in [0.1, 0.15) is 23.1 Å². The third-order valence-corrected chi connectivity index (χ3v) is 6.21. The number of pyridine rings is 2. The van der Waals surface area contributed by atoms with E-state index in [4.69, 9.17) is 0 Å². The van der Waals surface area contributed by atoms with Gasteiger partial charge in [0.15, 0.2) is 0 Å². The predicted molar refractivity (Wildman–Crippen MR) is 119 cm³/mol. The molecule has 1 aromatic carbocycles. The Balaban J connectivity index is 1.69. The van der Waals surface area contributed by atoms with Gasteiger partial charge in [-0.15, -0.1) is 0 Å². The summed E-state index contributed by atoms with van der Waals surface area (Å²) in [5, 5.41) is 18.7.